The molecule has 0 aliphatic rings. The zero-order valence-electron chi connectivity index (χ0n) is 8.16. The third kappa shape index (κ3) is 2.94. The second-order valence-corrected chi connectivity index (χ2v) is 2.91. The number of para-hydroxylation sites is 2. The van der Waals surface area contributed by atoms with Gasteiger partial charge in [-0.3, -0.25) is 4.79 Å². The van der Waals surface area contributed by atoms with E-state index in [1.54, 1.807) is 18.2 Å². The van der Waals surface area contributed by atoms with Crippen LogP contribution in [0.2, 0.25) is 0 Å². The van der Waals surface area contributed by atoms with Gasteiger partial charge in [0.1, 0.15) is 0 Å². The molecule has 3 nitrogen and oxygen atoms in total. The number of amides is 1. The fraction of sp³-hybridized carbons (Fsp3) is 0.182. The minimum atomic E-state index is -0.0546. The van der Waals surface area contributed by atoms with E-state index >= 15 is 0 Å². The molecule has 0 bridgehead atoms. The summed E-state index contributed by atoms with van der Waals surface area (Å²) in [5.41, 5.74) is 6.92. The highest BCUT2D eigenvalue weighted by atomic mass is 16.1. The molecule has 0 aliphatic carbocycles. The number of rotatable bonds is 3. The minimum absolute atomic E-state index is 0.0546. The molecule has 0 saturated heterocycles. The molecule has 0 atom stereocenters. The number of nitrogens with one attached hydrogen (secondary N) is 1. The first-order chi connectivity index (χ1) is 6.74. The van der Waals surface area contributed by atoms with E-state index in [0.29, 0.717) is 17.8 Å². The SMILES string of the molecule is C/C=C/CC(=O)Nc1ccccc1N. The number of hydrogen-bond donors (Lipinski definition) is 2. The molecule has 74 valence electrons. The van der Waals surface area contributed by atoms with Crippen LogP contribution in [0.15, 0.2) is 36.4 Å². The van der Waals surface area contributed by atoms with Gasteiger partial charge in [0.2, 0.25) is 5.91 Å². The summed E-state index contributed by atoms with van der Waals surface area (Å²) in [4.78, 5) is 11.3. The maximum atomic E-state index is 11.3. The van der Waals surface area contributed by atoms with Crippen LogP contribution >= 0.6 is 0 Å². The summed E-state index contributed by atoms with van der Waals surface area (Å²) >= 11 is 0. The molecular formula is C11H14N2O. The van der Waals surface area contributed by atoms with Gasteiger partial charge < -0.3 is 11.1 Å². The van der Waals surface area contributed by atoms with Crippen molar-refractivity contribution in [3.8, 4) is 0 Å². The number of allylic oxidation sites excluding steroid dienone is 1. The van der Waals surface area contributed by atoms with Crippen molar-refractivity contribution in [3.63, 3.8) is 0 Å². The van der Waals surface area contributed by atoms with Gasteiger partial charge in [0.25, 0.3) is 0 Å². The van der Waals surface area contributed by atoms with Crippen molar-refractivity contribution in [2.75, 3.05) is 11.1 Å². The number of nitrogen functional groups attached to an aromatic ring is 1. The maximum absolute atomic E-state index is 11.3. The Morgan fingerprint density at radius 2 is 2.21 bits per heavy atom. The van der Waals surface area contributed by atoms with E-state index in [4.69, 9.17) is 5.73 Å². The topological polar surface area (TPSA) is 55.1 Å². The summed E-state index contributed by atoms with van der Waals surface area (Å²) < 4.78 is 0. The standard InChI is InChI=1S/C11H14N2O/c1-2-3-8-11(14)13-10-7-5-4-6-9(10)12/h2-7H,8,12H2,1H3,(H,13,14)/b3-2+. The summed E-state index contributed by atoms with van der Waals surface area (Å²) in [6.07, 6.45) is 4.02. The Morgan fingerprint density at radius 3 is 2.86 bits per heavy atom. The number of carbonyl (C=O) groups is 1. The summed E-state index contributed by atoms with van der Waals surface area (Å²) in [6.45, 7) is 1.88. The van der Waals surface area contributed by atoms with Crippen LogP contribution in [0.25, 0.3) is 0 Å². The van der Waals surface area contributed by atoms with E-state index in [0.717, 1.165) is 0 Å². The monoisotopic (exact) mass is 190 g/mol. The van der Waals surface area contributed by atoms with E-state index in [1.165, 1.54) is 0 Å². The molecule has 0 fully saturated rings. The number of anilines is 2. The van der Waals surface area contributed by atoms with E-state index in [-0.39, 0.29) is 5.91 Å². The molecule has 0 heterocycles. The van der Waals surface area contributed by atoms with Gasteiger partial charge in [-0.05, 0) is 19.1 Å². The second-order valence-electron chi connectivity index (χ2n) is 2.91. The quantitative estimate of drug-likeness (QED) is 0.567. The molecule has 0 aliphatic heterocycles. The number of carbonyl (C=O) groups excluding carboxylic acids is 1. The van der Waals surface area contributed by atoms with Crippen LogP contribution in [0.1, 0.15) is 13.3 Å². The van der Waals surface area contributed by atoms with Crippen molar-refractivity contribution in [1.82, 2.24) is 0 Å². The molecule has 1 rings (SSSR count). The van der Waals surface area contributed by atoms with Gasteiger partial charge in [-0.15, -0.1) is 0 Å². The molecule has 3 N–H and O–H groups in total. The zero-order valence-corrected chi connectivity index (χ0v) is 8.16. The highest BCUT2D eigenvalue weighted by molar-refractivity contribution is 5.94. The third-order valence-electron chi connectivity index (χ3n) is 1.77. The van der Waals surface area contributed by atoms with Crippen molar-refractivity contribution in [2.24, 2.45) is 0 Å². The van der Waals surface area contributed by atoms with Gasteiger partial charge >= 0.3 is 0 Å². The largest absolute Gasteiger partial charge is 0.397 e. The fourth-order valence-electron chi connectivity index (χ4n) is 1.04. The molecule has 1 aromatic carbocycles. The molecule has 1 amide bonds. The number of nitrogens with two attached hydrogens (primary N) is 1. The van der Waals surface area contributed by atoms with Crippen LogP contribution in [-0.2, 0) is 4.79 Å². The maximum Gasteiger partial charge on any atom is 0.228 e. The first kappa shape index (κ1) is 10.3. The lowest BCUT2D eigenvalue weighted by Crippen LogP contribution is -2.11. The lowest BCUT2D eigenvalue weighted by atomic mass is 10.2. The molecule has 0 saturated carbocycles. The Hall–Kier alpha value is -1.77. The van der Waals surface area contributed by atoms with E-state index in [1.807, 2.05) is 25.1 Å². The van der Waals surface area contributed by atoms with Crippen LogP contribution in [-0.4, -0.2) is 5.91 Å². The Kier molecular flexibility index (Phi) is 3.73. The molecule has 0 spiro atoms. The molecule has 0 aromatic heterocycles. The predicted octanol–water partition coefficient (Wildman–Crippen LogP) is 2.17. The van der Waals surface area contributed by atoms with Crippen molar-refractivity contribution >= 4 is 17.3 Å². The van der Waals surface area contributed by atoms with E-state index in [2.05, 4.69) is 5.32 Å². The van der Waals surface area contributed by atoms with Gasteiger partial charge in [-0.25, -0.2) is 0 Å². The zero-order chi connectivity index (χ0) is 10.4. The van der Waals surface area contributed by atoms with Crippen LogP contribution in [0.5, 0.6) is 0 Å². The lowest BCUT2D eigenvalue weighted by Gasteiger charge is -2.05. The molecular weight excluding hydrogens is 176 g/mol. The Bertz CT molecular complexity index is 345. The number of benzene rings is 1. The molecule has 0 unspecified atom stereocenters. The average Bonchev–Trinajstić information content (AvgIpc) is 2.18. The Labute approximate surface area is 83.6 Å². The smallest absolute Gasteiger partial charge is 0.228 e. The van der Waals surface area contributed by atoms with Crippen LogP contribution < -0.4 is 11.1 Å². The summed E-state index contributed by atoms with van der Waals surface area (Å²) in [5.74, 6) is -0.0546. The van der Waals surface area contributed by atoms with Crippen molar-refractivity contribution in [3.05, 3.63) is 36.4 Å². The summed E-state index contributed by atoms with van der Waals surface area (Å²) in [6, 6.07) is 7.20. The average molecular weight is 190 g/mol. The molecule has 14 heavy (non-hydrogen) atoms. The fourth-order valence-corrected chi connectivity index (χ4v) is 1.04. The van der Waals surface area contributed by atoms with Crippen LogP contribution in [0.3, 0.4) is 0 Å². The summed E-state index contributed by atoms with van der Waals surface area (Å²) in [7, 11) is 0. The summed E-state index contributed by atoms with van der Waals surface area (Å²) in [5, 5.41) is 2.73. The van der Waals surface area contributed by atoms with Crippen LogP contribution in [0.4, 0.5) is 11.4 Å². The van der Waals surface area contributed by atoms with E-state index < -0.39 is 0 Å². The predicted molar refractivity (Wildman–Crippen MR) is 58.9 cm³/mol. The first-order valence-corrected chi connectivity index (χ1v) is 4.49. The Balaban J connectivity index is 2.60. The van der Waals surface area contributed by atoms with Gasteiger partial charge in [0, 0.05) is 6.42 Å². The minimum Gasteiger partial charge on any atom is -0.397 e. The van der Waals surface area contributed by atoms with E-state index in [9.17, 15) is 4.79 Å². The van der Waals surface area contributed by atoms with Gasteiger partial charge in [-0.2, -0.15) is 0 Å². The van der Waals surface area contributed by atoms with Crippen molar-refractivity contribution in [1.29, 1.82) is 0 Å². The molecule has 3 heteroatoms. The highest BCUT2D eigenvalue weighted by Crippen LogP contribution is 2.16. The molecule has 1 aromatic rings. The van der Waals surface area contributed by atoms with Gasteiger partial charge in [0.15, 0.2) is 0 Å². The van der Waals surface area contributed by atoms with Gasteiger partial charge in [-0.1, -0.05) is 24.3 Å². The van der Waals surface area contributed by atoms with Gasteiger partial charge in [0.05, 0.1) is 11.4 Å². The highest BCUT2D eigenvalue weighted by Gasteiger charge is 2.01. The normalized spacial score (nSPS) is 10.4. The number of hydrogen-bond acceptors (Lipinski definition) is 2. The van der Waals surface area contributed by atoms with Crippen molar-refractivity contribution in [2.45, 2.75) is 13.3 Å². The Morgan fingerprint density at radius 1 is 1.50 bits per heavy atom. The molecule has 0 radical (unpaired) electrons. The third-order valence-corrected chi connectivity index (χ3v) is 1.77. The van der Waals surface area contributed by atoms with Crippen LogP contribution in [0, 0.1) is 0 Å². The van der Waals surface area contributed by atoms with Crippen molar-refractivity contribution < 1.29 is 4.79 Å². The first-order valence-electron chi connectivity index (χ1n) is 4.49. The lowest BCUT2D eigenvalue weighted by molar-refractivity contribution is -0.115. The second kappa shape index (κ2) is 5.07.